The van der Waals surface area contributed by atoms with E-state index in [-0.39, 0.29) is 23.2 Å². The van der Waals surface area contributed by atoms with E-state index >= 15 is 0 Å². The summed E-state index contributed by atoms with van der Waals surface area (Å²) in [5.41, 5.74) is 3.54. The van der Waals surface area contributed by atoms with E-state index in [1.165, 1.54) is 4.57 Å². The number of aromatic nitrogens is 2. The van der Waals surface area contributed by atoms with Crippen LogP contribution in [0.15, 0.2) is 64.2 Å². The second-order valence-electron chi connectivity index (χ2n) is 7.27. The maximum Gasteiger partial charge on any atom is 0.329 e. The summed E-state index contributed by atoms with van der Waals surface area (Å²) in [6.45, 7) is 4.41. The summed E-state index contributed by atoms with van der Waals surface area (Å²) >= 11 is 0. The van der Waals surface area contributed by atoms with Crippen molar-refractivity contribution in [1.29, 1.82) is 0 Å². The molecular formula is C21H20N2O2. The highest BCUT2D eigenvalue weighted by molar-refractivity contribution is 5.71. The fourth-order valence-electron chi connectivity index (χ4n) is 3.79. The maximum atomic E-state index is 13.2. The normalized spacial score (nSPS) is 14.6. The number of hydrogen-bond acceptors (Lipinski definition) is 2. The first-order valence-corrected chi connectivity index (χ1v) is 8.47. The first-order valence-electron chi connectivity index (χ1n) is 8.47. The van der Waals surface area contributed by atoms with Gasteiger partial charge in [-0.3, -0.25) is 9.36 Å². The van der Waals surface area contributed by atoms with Crippen molar-refractivity contribution < 1.29 is 0 Å². The third kappa shape index (κ3) is 2.54. The van der Waals surface area contributed by atoms with Gasteiger partial charge in [0.25, 0.3) is 5.56 Å². The van der Waals surface area contributed by atoms with E-state index in [9.17, 15) is 9.59 Å². The van der Waals surface area contributed by atoms with Gasteiger partial charge in [0.2, 0.25) is 0 Å². The van der Waals surface area contributed by atoms with Crippen LogP contribution in [-0.2, 0) is 18.4 Å². The Balaban J connectivity index is 1.96. The predicted octanol–water partition coefficient (Wildman–Crippen LogP) is 3.09. The topological polar surface area (TPSA) is 54.9 Å². The molecule has 4 heteroatoms. The Morgan fingerprint density at radius 2 is 1.68 bits per heavy atom. The van der Waals surface area contributed by atoms with Gasteiger partial charge in [-0.2, -0.15) is 0 Å². The van der Waals surface area contributed by atoms with E-state index in [0.29, 0.717) is 11.3 Å². The van der Waals surface area contributed by atoms with Gasteiger partial charge < -0.3 is 4.98 Å². The molecule has 0 amide bonds. The Morgan fingerprint density at radius 3 is 2.44 bits per heavy atom. The average molecular weight is 332 g/mol. The van der Waals surface area contributed by atoms with Crippen molar-refractivity contribution in [2.75, 3.05) is 0 Å². The number of benzene rings is 2. The first-order chi connectivity index (χ1) is 12.0. The third-order valence-electron chi connectivity index (χ3n) is 4.97. The number of fused-ring (bicyclic) bond motifs is 3. The fraction of sp³-hybridized carbons (Fsp3) is 0.238. The fourth-order valence-corrected chi connectivity index (χ4v) is 3.79. The Bertz CT molecular complexity index is 1060. The lowest BCUT2D eigenvalue weighted by atomic mass is 9.72. The maximum absolute atomic E-state index is 13.2. The van der Waals surface area contributed by atoms with Gasteiger partial charge in [0, 0.05) is 16.5 Å². The second-order valence-corrected chi connectivity index (χ2v) is 7.27. The molecule has 0 saturated carbocycles. The lowest BCUT2D eigenvalue weighted by Gasteiger charge is -2.33. The average Bonchev–Trinajstić information content (AvgIpc) is 2.58. The molecule has 4 rings (SSSR count). The summed E-state index contributed by atoms with van der Waals surface area (Å²) in [6.07, 6.45) is 0.781. The lowest BCUT2D eigenvalue weighted by Crippen LogP contribution is -2.44. The number of aromatic amines is 1. The zero-order valence-electron chi connectivity index (χ0n) is 14.4. The quantitative estimate of drug-likeness (QED) is 0.784. The van der Waals surface area contributed by atoms with Crippen molar-refractivity contribution in [3.05, 3.63) is 92.1 Å². The molecule has 0 unspecified atom stereocenters. The van der Waals surface area contributed by atoms with Gasteiger partial charge in [0.15, 0.2) is 0 Å². The van der Waals surface area contributed by atoms with E-state index < -0.39 is 0 Å². The summed E-state index contributed by atoms with van der Waals surface area (Å²) in [7, 11) is 0. The molecule has 0 aliphatic heterocycles. The van der Waals surface area contributed by atoms with Crippen molar-refractivity contribution in [3.63, 3.8) is 0 Å². The molecule has 0 saturated heterocycles. The summed E-state index contributed by atoms with van der Waals surface area (Å²) in [5.74, 6) is 0. The molecule has 3 aromatic rings. The van der Waals surface area contributed by atoms with E-state index in [1.807, 2.05) is 48.5 Å². The van der Waals surface area contributed by atoms with Crippen molar-refractivity contribution in [2.24, 2.45) is 0 Å². The highest BCUT2D eigenvalue weighted by atomic mass is 16.2. The van der Waals surface area contributed by atoms with Gasteiger partial charge in [0.05, 0.1) is 12.2 Å². The minimum atomic E-state index is -0.361. The van der Waals surface area contributed by atoms with Crippen molar-refractivity contribution in [2.45, 2.75) is 32.2 Å². The summed E-state index contributed by atoms with van der Waals surface area (Å²) in [4.78, 5) is 28.8. The van der Waals surface area contributed by atoms with E-state index in [2.05, 4.69) is 24.9 Å². The van der Waals surface area contributed by atoms with Crippen LogP contribution in [0.3, 0.4) is 0 Å². The van der Waals surface area contributed by atoms with Gasteiger partial charge >= 0.3 is 5.69 Å². The molecule has 25 heavy (non-hydrogen) atoms. The Morgan fingerprint density at radius 1 is 1.00 bits per heavy atom. The van der Waals surface area contributed by atoms with Crippen LogP contribution in [0.5, 0.6) is 0 Å². The van der Waals surface area contributed by atoms with Crippen LogP contribution in [-0.4, -0.2) is 9.55 Å². The molecule has 126 valence electrons. The number of H-pyrrole nitrogens is 1. The first kappa shape index (κ1) is 15.6. The molecule has 4 nitrogen and oxygen atoms in total. The number of nitrogens with one attached hydrogen (secondary N) is 1. The standard InChI is InChI=1S/C21H20N2O2/c1-21(2)12-15-10-6-7-11-16(15)18-17(21)19(24)23(20(25)22-18)13-14-8-4-3-5-9-14/h3-11H,12-13H2,1-2H3,(H,22,25). The zero-order chi connectivity index (χ0) is 17.6. The number of hydrogen-bond donors (Lipinski definition) is 1. The van der Waals surface area contributed by atoms with Crippen LogP contribution in [0.2, 0.25) is 0 Å². The molecule has 1 aromatic heterocycles. The van der Waals surface area contributed by atoms with Gasteiger partial charge in [-0.1, -0.05) is 68.4 Å². The number of rotatable bonds is 2. The Hall–Kier alpha value is -2.88. The van der Waals surface area contributed by atoms with Gasteiger partial charge in [0.1, 0.15) is 0 Å². The van der Waals surface area contributed by atoms with E-state index in [1.54, 1.807) is 0 Å². The van der Waals surface area contributed by atoms with Crippen LogP contribution in [0, 0.1) is 0 Å². The summed E-state index contributed by atoms with van der Waals surface area (Å²) in [5, 5.41) is 0. The molecule has 0 spiro atoms. The Kier molecular flexibility index (Phi) is 3.49. The van der Waals surface area contributed by atoms with Crippen molar-refractivity contribution in [3.8, 4) is 11.3 Å². The smallest absolute Gasteiger partial charge is 0.306 e. The van der Waals surface area contributed by atoms with Crippen LogP contribution in [0.1, 0.15) is 30.5 Å². The minimum Gasteiger partial charge on any atom is -0.306 e. The molecule has 1 N–H and O–H groups in total. The molecular weight excluding hydrogens is 312 g/mol. The summed E-state index contributed by atoms with van der Waals surface area (Å²) in [6, 6.07) is 17.6. The highest BCUT2D eigenvalue weighted by Crippen LogP contribution is 2.39. The molecule has 1 aliphatic rings. The molecule has 0 radical (unpaired) electrons. The van der Waals surface area contributed by atoms with Crippen LogP contribution in [0.25, 0.3) is 11.3 Å². The highest BCUT2D eigenvalue weighted by Gasteiger charge is 2.35. The van der Waals surface area contributed by atoms with Crippen LogP contribution < -0.4 is 11.2 Å². The van der Waals surface area contributed by atoms with Gasteiger partial charge in [-0.05, 0) is 17.5 Å². The zero-order valence-corrected chi connectivity index (χ0v) is 14.4. The largest absolute Gasteiger partial charge is 0.329 e. The van der Waals surface area contributed by atoms with Crippen molar-refractivity contribution >= 4 is 0 Å². The lowest BCUT2D eigenvalue weighted by molar-refractivity contribution is 0.495. The molecule has 0 atom stereocenters. The molecule has 1 heterocycles. The van der Waals surface area contributed by atoms with Crippen LogP contribution >= 0.6 is 0 Å². The minimum absolute atomic E-state index is 0.192. The second kappa shape index (κ2) is 5.59. The van der Waals surface area contributed by atoms with E-state index in [0.717, 1.165) is 23.1 Å². The molecule has 0 fully saturated rings. The number of nitrogens with zero attached hydrogens (tertiary/aromatic N) is 1. The van der Waals surface area contributed by atoms with Gasteiger partial charge in [-0.25, -0.2) is 4.79 Å². The monoisotopic (exact) mass is 332 g/mol. The SMILES string of the molecule is CC1(C)Cc2ccccc2-c2[nH]c(=O)n(Cc3ccccc3)c(=O)c21. The van der Waals surface area contributed by atoms with E-state index in [4.69, 9.17) is 0 Å². The molecule has 1 aliphatic carbocycles. The van der Waals surface area contributed by atoms with Crippen molar-refractivity contribution in [1.82, 2.24) is 9.55 Å². The molecule has 0 bridgehead atoms. The van der Waals surface area contributed by atoms with Crippen LogP contribution in [0.4, 0.5) is 0 Å². The summed E-state index contributed by atoms with van der Waals surface area (Å²) < 4.78 is 1.31. The third-order valence-corrected chi connectivity index (χ3v) is 4.97. The Labute approximate surface area is 145 Å². The predicted molar refractivity (Wildman–Crippen MR) is 99.0 cm³/mol. The van der Waals surface area contributed by atoms with Gasteiger partial charge in [-0.15, -0.1) is 0 Å². The molecule has 2 aromatic carbocycles.